The predicted molar refractivity (Wildman–Crippen MR) is 217 cm³/mol. The number of aliphatic hydroxyl groups excluding tert-OH is 2. The third-order valence-corrected chi connectivity index (χ3v) is 9.36. The molecule has 16 heteroatoms. The molecule has 0 aliphatic carbocycles. The summed E-state index contributed by atoms with van der Waals surface area (Å²) < 4.78 is 47.5. The topological polar surface area (TPSA) is 216 Å². The van der Waals surface area contributed by atoms with E-state index in [-0.39, 0.29) is 12.8 Å². The first kappa shape index (κ1) is 53.8. The first-order valence-electron chi connectivity index (χ1n) is 19.9. The maximum absolute atomic E-state index is 12.6. The van der Waals surface area contributed by atoms with E-state index in [4.69, 9.17) is 23.8 Å². The van der Waals surface area contributed by atoms with Crippen LogP contribution in [0.4, 0.5) is 0 Å². The zero-order chi connectivity index (χ0) is 41.9. The summed E-state index contributed by atoms with van der Waals surface area (Å²) in [6.45, 7) is 3.71. The van der Waals surface area contributed by atoms with Crippen LogP contribution in [0, 0.1) is 5.92 Å². The van der Waals surface area contributed by atoms with E-state index < -0.39 is 72.3 Å². The SMILES string of the molecule is CC/C=C\C/C=C\CC(O)/C=C/C=C\C/C=C\CCCC(=O)OC[C@H](COP(=O)(O)OC[C@@H](O)COP(=O)(O)O)OC(=O)CCCCCCCCCCC(C)C. The Morgan fingerprint density at radius 3 is 1.91 bits per heavy atom. The van der Waals surface area contributed by atoms with Gasteiger partial charge in [0.2, 0.25) is 0 Å². The van der Waals surface area contributed by atoms with Crippen molar-refractivity contribution in [1.29, 1.82) is 0 Å². The van der Waals surface area contributed by atoms with E-state index in [0.717, 1.165) is 44.4 Å². The largest absolute Gasteiger partial charge is 0.472 e. The van der Waals surface area contributed by atoms with Crippen LogP contribution in [0.5, 0.6) is 0 Å². The fourth-order valence-corrected chi connectivity index (χ4v) is 6.04. The Morgan fingerprint density at radius 2 is 1.23 bits per heavy atom. The number of carbonyl (C=O) groups excluding carboxylic acids is 2. The number of ether oxygens (including phenoxy) is 2. The minimum atomic E-state index is -4.87. The van der Waals surface area contributed by atoms with Crippen molar-refractivity contribution in [1.82, 2.24) is 0 Å². The summed E-state index contributed by atoms with van der Waals surface area (Å²) in [4.78, 5) is 52.5. The van der Waals surface area contributed by atoms with Crippen molar-refractivity contribution < 1.29 is 66.7 Å². The molecule has 0 saturated heterocycles. The average molecular weight is 837 g/mol. The third-order valence-electron chi connectivity index (χ3n) is 7.92. The molecule has 0 aliphatic heterocycles. The normalized spacial score (nSPS) is 15.4. The number of hydrogen-bond donors (Lipinski definition) is 5. The molecule has 4 atom stereocenters. The number of phosphoric ester groups is 2. The Balaban J connectivity index is 4.71. The molecule has 0 aromatic rings. The van der Waals surface area contributed by atoms with Gasteiger partial charge in [-0.05, 0) is 50.9 Å². The lowest BCUT2D eigenvalue weighted by Crippen LogP contribution is -2.30. The van der Waals surface area contributed by atoms with Crippen LogP contribution in [0.3, 0.4) is 0 Å². The molecule has 2 unspecified atom stereocenters. The van der Waals surface area contributed by atoms with E-state index >= 15 is 0 Å². The van der Waals surface area contributed by atoms with Gasteiger partial charge in [-0.3, -0.25) is 23.2 Å². The molecule has 0 radical (unpaired) electrons. The van der Waals surface area contributed by atoms with Gasteiger partial charge in [-0.2, -0.15) is 0 Å². The molecule has 5 N–H and O–H groups in total. The number of rotatable bonds is 36. The van der Waals surface area contributed by atoms with Crippen molar-refractivity contribution >= 4 is 27.6 Å². The van der Waals surface area contributed by atoms with E-state index in [9.17, 15) is 33.8 Å². The Labute approximate surface area is 334 Å². The second-order valence-electron chi connectivity index (χ2n) is 13.9. The summed E-state index contributed by atoms with van der Waals surface area (Å²) in [6.07, 6.45) is 30.0. The van der Waals surface area contributed by atoms with Gasteiger partial charge in [-0.25, -0.2) is 9.13 Å². The lowest BCUT2D eigenvalue weighted by molar-refractivity contribution is -0.161. The minimum absolute atomic E-state index is 0.0829. The maximum atomic E-state index is 12.6. The molecule has 56 heavy (non-hydrogen) atoms. The molecule has 0 rings (SSSR count). The monoisotopic (exact) mass is 836 g/mol. The number of hydrogen-bond acceptors (Lipinski definition) is 11. The Hall–Kier alpha value is -2.22. The molecule has 0 bridgehead atoms. The molecule has 0 heterocycles. The van der Waals surface area contributed by atoms with Gasteiger partial charge in [0.15, 0.2) is 6.10 Å². The number of aliphatic hydroxyl groups is 2. The summed E-state index contributed by atoms with van der Waals surface area (Å²) in [5, 5.41) is 19.7. The van der Waals surface area contributed by atoms with Gasteiger partial charge >= 0.3 is 27.6 Å². The molecule has 0 amide bonds. The van der Waals surface area contributed by atoms with Crippen molar-refractivity contribution in [3.05, 3.63) is 60.8 Å². The average Bonchev–Trinajstić information content (AvgIpc) is 3.13. The van der Waals surface area contributed by atoms with Crippen LogP contribution in [0.2, 0.25) is 0 Å². The summed E-state index contributed by atoms with van der Waals surface area (Å²) >= 11 is 0. The summed E-state index contributed by atoms with van der Waals surface area (Å²) in [5.41, 5.74) is 0. The van der Waals surface area contributed by atoms with Crippen molar-refractivity contribution in [3.8, 4) is 0 Å². The maximum Gasteiger partial charge on any atom is 0.472 e. The zero-order valence-electron chi connectivity index (χ0n) is 33.7. The van der Waals surface area contributed by atoms with Gasteiger partial charge in [-0.15, -0.1) is 0 Å². The van der Waals surface area contributed by atoms with Crippen LogP contribution in [0.15, 0.2) is 60.8 Å². The highest BCUT2D eigenvalue weighted by atomic mass is 31.2. The van der Waals surface area contributed by atoms with E-state index in [1.165, 1.54) is 25.7 Å². The summed E-state index contributed by atoms with van der Waals surface area (Å²) in [7, 11) is -9.70. The van der Waals surface area contributed by atoms with Gasteiger partial charge < -0.3 is 34.4 Å². The van der Waals surface area contributed by atoms with Crippen LogP contribution in [0.1, 0.15) is 130 Å². The quantitative estimate of drug-likeness (QED) is 0.0132. The van der Waals surface area contributed by atoms with Gasteiger partial charge in [0, 0.05) is 12.8 Å². The highest BCUT2D eigenvalue weighted by molar-refractivity contribution is 7.47. The number of unbranched alkanes of at least 4 members (excludes halogenated alkanes) is 8. The third kappa shape index (κ3) is 38.6. The lowest BCUT2D eigenvalue weighted by Gasteiger charge is -2.20. The zero-order valence-corrected chi connectivity index (χ0v) is 35.5. The molecule has 0 aromatic heterocycles. The molecule has 14 nitrogen and oxygen atoms in total. The minimum Gasteiger partial charge on any atom is -0.462 e. The number of carbonyl (C=O) groups is 2. The second-order valence-corrected chi connectivity index (χ2v) is 16.6. The van der Waals surface area contributed by atoms with Crippen molar-refractivity contribution in [2.24, 2.45) is 5.92 Å². The molecule has 0 aromatic carbocycles. The number of allylic oxidation sites excluding steroid dienone is 8. The highest BCUT2D eigenvalue weighted by Crippen LogP contribution is 2.43. The van der Waals surface area contributed by atoms with Gasteiger partial charge in [-0.1, -0.05) is 133 Å². The van der Waals surface area contributed by atoms with E-state index in [2.05, 4.69) is 42.0 Å². The van der Waals surface area contributed by atoms with Crippen molar-refractivity contribution in [2.75, 3.05) is 26.4 Å². The van der Waals surface area contributed by atoms with Crippen LogP contribution < -0.4 is 0 Å². The standard InChI is InChI=1S/C40H70O14P2/c1-4-5-6-7-17-22-27-36(41)28-23-18-13-9-11-14-19-24-29-39(43)50-33-38(34-53-56(48,49)52-32-37(42)31-51-55(45,46)47)54-40(44)30-25-20-15-10-8-12-16-21-26-35(2)3/h5-6,11,13-14,17-18,22-23,28,35-38,41-42H,4,7-10,12,15-16,19-21,24-27,29-34H2,1-3H3,(H,48,49)(H2,45,46,47)/b6-5-,14-11-,18-13-,22-17-,28-23+/t36?,37-,38+/m0/s1. The smallest absolute Gasteiger partial charge is 0.462 e. The Morgan fingerprint density at radius 1 is 0.643 bits per heavy atom. The number of esters is 2. The summed E-state index contributed by atoms with van der Waals surface area (Å²) in [5.74, 6) is -0.420. The van der Waals surface area contributed by atoms with Crippen LogP contribution in [-0.4, -0.2) is 81.6 Å². The molecule has 0 spiro atoms. The first-order chi connectivity index (χ1) is 26.6. The second kappa shape index (κ2) is 34.8. The Bertz CT molecular complexity index is 1260. The van der Waals surface area contributed by atoms with E-state index in [1.807, 2.05) is 36.5 Å². The molecule has 324 valence electrons. The van der Waals surface area contributed by atoms with Crippen molar-refractivity contribution in [2.45, 2.75) is 148 Å². The fourth-order valence-electron chi connectivity index (χ4n) is 4.89. The molecular formula is C40H70O14P2. The highest BCUT2D eigenvalue weighted by Gasteiger charge is 2.28. The lowest BCUT2D eigenvalue weighted by atomic mass is 10.0. The van der Waals surface area contributed by atoms with Gasteiger partial charge in [0.25, 0.3) is 0 Å². The molecular weight excluding hydrogens is 766 g/mol. The summed E-state index contributed by atoms with van der Waals surface area (Å²) in [6, 6.07) is 0. The van der Waals surface area contributed by atoms with Crippen LogP contribution >= 0.6 is 15.6 Å². The molecule has 0 fully saturated rings. The van der Waals surface area contributed by atoms with Gasteiger partial charge in [0.1, 0.15) is 12.7 Å². The first-order valence-corrected chi connectivity index (χ1v) is 23.0. The van der Waals surface area contributed by atoms with Crippen molar-refractivity contribution in [3.63, 3.8) is 0 Å². The van der Waals surface area contributed by atoms with Gasteiger partial charge in [0.05, 0.1) is 25.9 Å². The predicted octanol–water partition coefficient (Wildman–Crippen LogP) is 8.49. The van der Waals surface area contributed by atoms with E-state index in [1.54, 1.807) is 12.2 Å². The molecule has 0 saturated carbocycles. The Kier molecular flexibility index (Phi) is 33.4. The van der Waals surface area contributed by atoms with Crippen LogP contribution in [-0.2, 0) is 41.8 Å². The fraction of sp³-hybridized carbons (Fsp3) is 0.700. The van der Waals surface area contributed by atoms with E-state index in [0.29, 0.717) is 32.1 Å². The number of phosphoric acid groups is 2. The molecule has 0 aliphatic rings. The van der Waals surface area contributed by atoms with Crippen LogP contribution in [0.25, 0.3) is 0 Å².